The molecular formula is C14H15Cl2N5. The van der Waals surface area contributed by atoms with E-state index in [1.54, 1.807) is 24.7 Å². The quantitative estimate of drug-likeness (QED) is 0.632. The lowest BCUT2D eigenvalue weighted by Gasteiger charge is -2.24. The number of anilines is 1. The van der Waals surface area contributed by atoms with Crippen LogP contribution in [0.25, 0.3) is 0 Å². The van der Waals surface area contributed by atoms with E-state index < -0.39 is 0 Å². The number of pyridine rings is 2. The zero-order chi connectivity index (χ0) is 15.2. The van der Waals surface area contributed by atoms with Gasteiger partial charge in [0.15, 0.2) is 0 Å². The Morgan fingerprint density at radius 1 is 1.33 bits per heavy atom. The second kappa shape index (κ2) is 7.24. The van der Waals surface area contributed by atoms with E-state index in [1.807, 2.05) is 17.0 Å². The fourth-order valence-electron chi connectivity index (χ4n) is 1.87. The van der Waals surface area contributed by atoms with Crippen LogP contribution in [0.1, 0.15) is 12.0 Å². The third kappa shape index (κ3) is 4.58. The molecule has 0 atom stereocenters. The number of amidine groups is 1. The van der Waals surface area contributed by atoms with Gasteiger partial charge in [0, 0.05) is 38.1 Å². The fraction of sp³-hybridized carbons (Fsp3) is 0.214. The molecule has 2 aromatic rings. The zero-order valence-corrected chi connectivity index (χ0v) is 12.8. The summed E-state index contributed by atoms with van der Waals surface area (Å²) >= 11 is 12.1. The highest BCUT2D eigenvalue weighted by Crippen LogP contribution is 2.27. The molecule has 0 aliphatic heterocycles. The van der Waals surface area contributed by atoms with Gasteiger partial charge in [0.1, 0.15) is 5.82 Å². The molecule has 21 heavy (non-hydrogen) atoms. The molecule has 0 amide bonds. The summed E-state index contributed by atoms with van der Waals surface area (Å²) < 4.78 is 0. The Kier molecular flexibility index (Phi) is 5.36. The fourth-order valence-corrected chi connectivity index (χ4v) is 2.37. The topological polar surface area (TPSA) is 78.9 Å². The predicted octanol–water partition coefficient (Wildman–Crippen LogP) is 3.12. The summed E-state index contributed by atoms with van der Waals surface area (Å²) in [5, 5.41) is 8.33. The van der Waals surface area contributed by atoms with E-state index >= 15 is 0 Å². The van der Waals surface area contributed by atoms with Crippen molar-refractivity contribution in [2.24, 2.45) is 5.73 Å². The lowest BCUT2D eigenvalue weighted by Crippen LogP contribution is -2.28. The van der Waals surface area contributed by atoms with E-state index in [0.29, 0.717) is 35.4 Å². The summed E-state index contributed by atoms with van der Waals surface area (Å²) in [6.07, 6.45) is 5.48. The van der Waals surface area contributed by atoms with Crippen molar-refractivity contribution >= 4 is 34.9 Å². The summed E-state index contributed by atoms with van der Waals surface area (Å²) in [7, 11) is 0. The van der Waals surface area contributed by atoms with Crippen molar-refractivity contribution in [3.8, 4) is 0 Å². The Morgan fingerprint density at radius 2 is 2.14 bits per heavy atom. The largest absolute Gasteiger partial charge is 0.388 e. The molecule has 0 aromatic carbocycles. The molecule has 0 fully saturated rings. The van der Waals surface area contributed by atoms with Crippen molar-refractivity contribution in [1.29, 1.82) is 5.41 Å². The molecule has 0 radical (unpaired) electrons. The number of aromatic nitrogens is 2. The maximum atomic E-state index is 7.38. The first-order valence-corrected chi connectivity index (χ1v) is 7.09. The number of hydrogen-bond donors (Lipinski definition) is 2. The van der Waals surface area contributed by atoms with Gasteiger partial charge in [-0.25, -0.2) is 4.98 Å². The molecule has 3 N–H and O–H groups in total. The SMILES string of the molecule is N=C(N)CCN(Cc1cccnc1)c1ncc(Cl)cc1Cl. The monoisotopic (exact) mass is 323 g/mol. The summed E-state index contributed by atoms with van der Waals surface area (Å²) in [5.41, 5.74) is 6.47. The van der Waals surface area contributed by atoms with Crippen molar-refractivity contribution < 1.29 is 0 Å². The van der Waals surface area contributed by atoms with Crippen molar-refractivity contribution in [3.63, 3.8) is 0 Å². The van der Waals surface area contributed by atoms with Crippen LogP contribution in [0.4, 0.5) is 5.82 Å². The Bertz CT molecular complexity index is 618. The van der Waals surface area contributed by atoms with E-state index in [4.69, 9.17) is 34.3 Å². The molecule has 110 valence electrons. The third-order valence-electron chi connectivity index (χ3n) is 2.84. The van der Waals surface area contributed by atoms with Gasteiger partial charge in [0.05, 0.1) is 15.9 Å². The van der Waals surface area contributed by atoms with Crippen molar-refractivity contribution in [2.75, 3.05) is 11.4 Å². The molecular weight excluding hydrogens is 309 g/mol. The van der Waals surface area contributed by atoms with Crippen LogP contribution in [-0.4, -0.2) is 22.3 Å². The molecule has 7 heteroatoms. The van der Waals surface area contributed by atoms with E-state index in [1.165, 1.54) is 0 Å². The Balaban J connectivity index is 2.24. The normalized spacial score (nSPS) is 10.4. The summed E-state index contributed by atoms with van der Waals surface area (Å²) in [6, 6.07) is 5.49. The highest BCUT2D eigenvalue weighted by Gasteiger charge is 2.13. The Morgan fingerprint density at radius 3 is 2.76 bits per heavy atom. The molecule has 0 aliphatic rings. The minimum Gasteiger partial charge on any atom is -0.388 e. The lowest BCUT2D eigenvalue weighted by molar-refractivity contribution is 0.784. The van der Waals surface area contributed by atoms with E-state index in [2.05, 4.69) is 9.97 Å². The minimum absolute atomic E-state index is 0.122. The van der Waals surface area contributed by atoms with E-state index in [0.717, 1.165) is 5.56 Å². The number of rotatable bonds is 6. The van der Waals surface area contributed by atoms with Gasteiger partial charge in [-0.2, -0.15) is 0 Å². The summed E-state index contributed by atoms with van der Waals surface area (Å²) in [6.45, 7) is 1.12. The smallest absolute Gasteiger partial charge is 0.147 e. The number of nitrogens with zero attached hydrogens (tertiary/aromatic N) is 3. The molecule has 2 rings (SSSR count). The molecule has 0 bridgehead atoms. The first-order chi connectivity index (χ1) is 10.1. The molecule has 0 aliphatic carbocycles. The van der Waals surface area contributed by atoms with Gasteiger partial charge in [0.2, 0.25) is 0 Å². The zero-order valence-electron chi connectivity index (χ0n) is 11.3. The number of hydrogen-bond acceptors (Lipinski definition) is 4. The van der Waals surface area contributed by atoms with Gasteiger partial charge >= 0.3 is 0 Å². The maximum Gasteiger partial charge on any atom is 0.147 e. The number of nitrogens with one attached hydrogen (secondary N) is 1. The molecule has 0 spiro atoms. The molecule has 2 heterocycles. The van der Waals surface area contributed by atoms with E-state index in [9.17, 15) is 0 Å². The van der Waals surface area contributed by atoms with Crippen molar-refractivity contribution in [3.05, 3.63) is 52.4 Å². The van der Waals surface area contributed by atoms with Crippen LogP contribution in [0.2, 0.25) is 10.0 Å². The number of nitrogens with two attached hydrogens (primary N) is 1. The minimum atomic E-state index is 0.122. The Hall–Kier alpha value is -1.85. The highest BCUT2D eigenvalue weighted by molar-refractivity contribution is 6.36. The van der Waals surface area contributed by atoms with Gasteiger partial charge < -0.3 is 10.6 Å². The maximum absolute atomic E-state index is 7.38. The summed E-state index contributed by atoms with van der Waals surface area (Å²) in [5.74, 6) is 0.738. The molecule has 0 saturated heterocycles. The van der Waals surface area contributed by atoms with Crippen LogP contribution < -0.4 is 10.6 Å². The second-order valence-electron chi connectivity index (χ2n) is 4.52. The lowest BCUT2D eigenvalue weighted by atomic mass is 10.2. The van der Waals surface area contributed by atoms with Gasteiger partial charge in [-0.05, 0) is 17.7 Å². The molecule has 0 saturated carbocycles. The van der Waals surface area contributed by atoms with Crippen molar-refractivity contribution in [2.45, 2.75) is 13.0 Å². The molecule has 5 nitrogen and oxygen atoms in total. The van der Waals surface area contributed by atoms with Crippen LogP contribution in [0.5, 0.6) is 0 Å². The average molecular weight is 324 g/mol. The standard InChI is InChI=1S/C14H15Cl2N5/c15-11-6-12(16)14(20-8-11)21(5-3-13(17)18)9-10-2-1-4-19-7-10/h1-2,4,6-8H,3,5,9H2,(H3,17,18). The average Bonchev–Trinajstić information content (AvgIpc) is 2.45. The van der Waals surface area contributed by atoms with Crippen LogP contribution in [-0.2, 0) is 6.54 Å². The number of halogens is 2. The van der Waals surface area contributed by atoms with Crippen LogP contribution in [0.3, 0.4) is 0 Å². The third-order valence-corrected chi connectivity index (χ3v) is 3.32. The molecule has 0 unspecified atom stereocenters. The van der Waals surface area contributed by atoms with Gasteiger partial charge in [-0.1, -0.05) is 29.3 Å². The van der Waals surface area contributed by atoms with Crippen molar-refractivity contribution in [1.82, 2.24) is 9.97 Å². The first kappa shape index (κ1) is 15.5. The van der Waals surface area contributed by atoms with Crippen LogP contribution in [0.15, 0.2) is 36.8 Å². The van der Waals surface area contributed by atoms with E-state index in [-0.39, 0.29) is 5.84 Å². The van der Waals surface area contributed by atoms with Gasteiger partial charge in [-0.3, -0.25) is 10.4 Å². The van der Waals surface area contributed by atoms with Crippen LogP contribution >= 0.6 is 23.2 Å². The highest BCUT2D eigenvalue weighted by atomic mass is 35.5. The Labute approximate surface area is 133 Å². The first-order valence-electron chi connectivity index (χ1n) is 6.34. The predicted molar refractivity (Wildman–Crippen MR) is 86.1 cm³/mol. The molecule has 2 aromatic heterocycles. The van der Waals surface area contributed by atoms with Gasteiger partial charge in [-0.15, -0.1) is 0 Å². The van der Waals surface area contributed by atoms with Crippen LogP contribution in [0, 0.1) is 5.41 Å². The summed E-state index contributed by atoms with van der Waals surface area (Å²) in [4.78, 5) is 10.3. The van der Waals surface area contributed by atoms with Gasteiger partial charge in [0.25, 0.3) is 0 Å². The second-order valence-corrected chi connectivity index (χ2v) is 5.36.